The van der Waals surface area contributed by atoms with Gasteiger partial charge in [-0.3, -0.25) is 4.79 Å². The van der Waals surface area contributed by atoms with Gasteiger partial charge in [0.1, 0.15) is 11.3 Å². The van der Waals surface area contributed by atoms with E-state index in [0.29, 0.717) is 38.6 Å². The molecule has 1 aromatic heterocycles. The molecule has 0 fully saturated rings. The van der Waals surface area contributed by atoms with Gasteiger partial charge in [0.15, 0.2) is 6.10 Å². The van der Waals surface area contributed by atoms with Gasteiger partial charge in [-0.25, -0.2) is 9.59 Å². The maximum absolute atomic E-state index is 13.3. The first kappa shape index (κ1) is 21.7. The van der Waals surface area contributed by atoms with E-state index in [4.69, 9.17) is 25.5 Å². The van der Waals surface area contributed by atoms with E-state index in [0.717, 1.165) is 0 Å². The molecule has 0 saturated carbocycles. The molecule has 0 unspecified atom stereocenters. The van der Waals surface area contributed by atoms with Crippen molar-refractivity contribution in [2.24, 2.45) is 0 Å². The number of nitrogens with one attached hydrogen (secondary N) is 1. The number of amides is 1. The fourth-order valence-electron chi connectivity index (χ4n) is 4.11. The highest BCUT2D eigenvalue weighted by Gasteiger charge is 2.44. The van der Waals surface area contributed by atoms with Crippen molar-refractivity contribution in [3.8, 4) is 5.75 Å². The number of rotatable bonds is 4. The Morgan fingerprint density at radius 3 is 2.38 bits per heavy atom. The monoisotopic (exact) mass is 475 g/mol. The average Bonchev–Trinajstić information content (AvgIpc) is 3.27. The van der Waals surface area contributed by atoms with E-state index in [1.54, 1.807) is 72.8 Å². The molecule has 0 spiro atoms. The molecule has 5 rings (SSSR count). The van der Waals surface area contributed by atoms with E-state index in [9.17, 15) is 14.4 Å². The summed E-state index contributed by atoms with van der Waals surface area (Å²) in [5, 5.41) is 3.95. The Balaban J connectivity index is 1.60. The topological polar surface area (TPSA) is 94.8 Å². The summed E-state index contributed by atoms with van der Waals surface area (Å²) in [6.45, 7) is 0. The number of halogens is 1. The zero-order chi connectivity index (χ0) is 23.8. The largest absolute Gasteiger partial charge is 0.478 e. The van der Waals surface area contributed by atoms with Crippen molar-refractivity contribution in [3.63, 3.8) is 0 Å². The molecular formula is C26H18ClNO6. The number of methoxy groups -OCH3 is 1. The molecule has 0 radical (unpaired) electrons. The predicted molar refractivity (Wildman–Crippen MR) is 127 cm³/mol. The van der Waals surface area contributed by atoms with Crippen molar-refractivity contribution < 1.29 is 23.5 Å². The molecule has 4 aromatic rings. The van der Waals surface area contributed by atoms with Crippen LogP contribution in [0.1, 0.15) is 27.4 Å². The standard InChI is InChI=1S/C26H18ClNO6/c1-32-25(30)15-8-6-14(7-9-15)20-21-22(18-4-2-3-5-19(18)33-26(21)31)34-23(20)24(29)28-17-12-10-16(27)11-13-17/h2-13,20,23H,1H3,(H,28,29)/t20-,23+/m1/s1. The van der Waals surface area contributed by atoms with E-state index in [-0.39, 0.29) is 5.56 Å². The molecule has 8 heteroatoms. The molecule has 1 aliphatic rings. The quantitative estimate of drug-likeness (QED) is 0.337. The number of esters is 1. The van der Waals surface area contributed by atoms with Gasteiger partial charge in [-0.1, -0.05) is 35.9 Å². The highest BCUT2D eigenvalue weighted by molar-refractivity contribution is 6.30. The van der Waals surface area contributed by atoms with E-state index in [1.807, 2.05) is 0 Å². The smallest absolute Gasteiger partial charge is 0.344 e. The van der Waals surface area contributed by atoms with Crippen LogP contribution in [0.3, 0.4) is 0 Å². The maximum atomic E-state index is 13.3. The van der Waals surface area contributed by atoms with Gasteiger partial charge in [-0.2, -0.15) is 0 Å². The number of hydrogen-bond acceptors (Lipinski definition) is 6. The lowest BCUT2D eigenvalue weighted by atomic mass is 9.87. The molecule has 2 heterocycles. The van der Waals surface area contributed by atoms with Crippen LogP contribution in [-0.2, 0) is 9.53 Å². The molecule has 2 atom stereocenters. The van der Waals surface area contributed by atoms with Crippen molar-refractivity contribution in [3.05, 3.63) is 105 Å². The summed E-state index contributed by atoms with van der Waals surface area (Å²) in [5.41, 5.74) is 1.53. The van der Waals surface area contributed by atoms with Crippen LogP contribution in [0.25, 0.3) is 11.0 Å². The SMILES string of the molecule is COC(=O)c1ccc([C@@H]2c3c(c4ccccc4oc3=O)O[C@@H]2C(=O)Nc2ccc(Cl)cc2)cc1. The number of hydrogen-bond donors (Lipinski definition) is 1. The van der Waals surface area contributed by atoms with Gasteiger partial charge in [0.2, 0.25) is 0 Å². The van der Waals surface area contributed by atoms with Gasteiger partial charge in [-0.05, 0) is 54.1 Å². The third kappa shape index (κ3) is 3.80. The van der Waals surface area contributed by atoms with Crippen LogP contribution >= 0.6 is 11.6 Å². The second kappa shape index (κ2) is 8.68. The molecule has 0 bridgehead atoms. The van der Waals surface area contributed by atoms with Crippen molar-refractivity contribution >= 4 is 40.1 Å². The van der Waals surface area contributed by atoms with Gasteiger partial charge >= 0.3 is 11.6 Å². The number of anilines is 1. The molecule has 1 amide bonds. The minimum Gasteiger partial charge on any atom is -0.478 e. The van der Waals surface area contributed by atoms with Gasteiger partial charge < -0.3 is 19.2 Å². The summed E-state index contributed by atoms with van der Waals surface area (Å²) in [4.78, 5) is 38.2. The third-order valence-corrected chi connectivity index (χ3v) is 5.97. The van der Waals surface area contributed by atoms with Crippen molar-refractivity contribution in [2.75, 3.05) is 12.4 Å². The Morgan fingerprint density at radius 1 is 0.971 bits per heavy atom. The maximum Gasteiger partial charge on any atom is 0.344 e. The van der Waals surface area contributed by atoms with Crippen LogP contribution < -0.4 is 15.7 Å². The summed E-state index contributed by atoms with van der Waals surface area (Å²) in [7, 11) is 1.30. The second-order valence-corrected chi connectivity index (χ2v) is 8.19. The summed E-state index contributed by atoms with van der Waals surface area (Å²) >= 11 is 5.94. The fraction of sp³-hybridized carbons (Fsp3) is 0.115. The van der Waals surface area contributed by atoms with Crippen LogP contribution in [0.2, 0.25) is 5.02 Å². The lowest BCUT2D eigenvalue weighted by Gasteiger charge is -2.19. The zero-order valence-electron chi connectivity index (χ0n) is 17.9. The zero-order valence-corrected chi connectivity index (χ0v) is 18.7. The van der Waals surface area contributed by atoms with E-state index < -0.39 is 29.5 Å². The normalized spacial score (nSPS) is 16.5. The first-order valence-corrected chi connectivity index (χ1v) is 10.8. The molecule has 1 aliphatic heterocycles. The molecule has 1 N–H and O–H groups in total. The van der Waals surface area contributed by atoms with Gasteiger partial charge in [-0.15, -0.1) is 0 Å². The Hall–Kier alpha value is -4.10. The number of carbonyl (C=O) groups is 2. The highest BCUT2D eigenvalue weighted by Crippen LogP contribution is 2.44. The van der Waals surface area contributed by atoms with Crippen molar-refractivity contribution in [1.82, 2.24) is 0 Å². The molecule has 0 saturated heterocycles. The van der Waals surface area contributed by atoms with Crippen LogP contribution in [0.5, 0.6) is 5.75 Å². The fourth-order valence-corrected chi connectivity index (χ4v) is 4.24. The van der Waals surface area contributed by atoms with Gasteiger partial charge in [0, 0.05) is 10.7 Å². The Bertz CT molecular complexity index is 1460. The molecule has 3 aromatic carbocycles. The van der Waals surface area contributed by atoms with Crippen molar-refractivity contribution in [1.29, 1.82) is 0 Å². The first-order chi connectivity index (χ1) is 16.5. The number of para-hydroxylation sites is 1. The minimum absolute atomic E-state index is 0.251. The van der Waals surface area contributed by atoms with Crippen LogP contribution in [0.15, 0.2) is 82.0 Å². The summed E-state index contributed by atoms with van der Waals surface area (Å²) < 4.78 is 16.4. The van der Waals surface area contributed by atoms with Crippen molar-refractivity contribution in [2.45, 2.75) is 12.0 Å². The predicted octanol–water partition coefficient (Wildman–Crippen LogP) is 4.76. The van der Waals surface area contributed by atoms with E-state index >= 15 is 0 Å². The molecule has 170 valence electrons. The summed E-state index contributed by atoms with van der Waals surface area (Å²) in [6, 6.07) is 20.2. The van der Waals surface area contributed by atoms with E-state index in [1.165, 1.54) is 7.11 Å². The number of fused-ring (bicyclic) bond motifs is 3. The Kier molecular flexibility index (Phi) is 5.55. The van der Waals surface area contributed by atoms with Gasteiger partial charge in [0.25, 0.3) is 5.91 Å². The third-order valence-electron chi connectivity index (χ3n) is 5.72. The summed E-state index contributed by atoms with van der Waals surface area (Å²) in [6.07, 6.45) is -1.05. The number of carbonyl (C=O) groups excluding carboxylic acids is 2. The van der Waals surface area contributed by atoms with Crippen LogP contribution in [-0.4, -0.2) is 25.1 Å². The lowest BCUT2D eigenvalue weighted by molar-refractivity contribution is -0.122. The van der Waals surface area contributed by atoms with E-state index in [2.05, 4.69) is 5.32 Å². The lowest BCUT2D eigenvalue weighted by Crippen LogP contribution is -2.35. The Labute approximate surface area is 198 Å². The van der Waals surface area contributed by atoms with Gasteiger partial charge in [0.05, 0.1) is 29.5 Å². The molecule has 7 nitrogen and oxygen atoms in total. The first-order valence-electron chi connectivity index (χ1n) is 10.4. The molecule has 34 heavy (non-hydrogen) atoms. The second-order valence-electron chi connectivity index (χ2n) is 7.75. The molecule has 0 aliphatic carbocycles. The Morgan fingerprint density at radius 2 is 1.68 bits per heavy atom. The summed E-state index contributed by atoms with van der Waals surface area (Å²) in [5.74, 6) is -1.37. The van der Waals surface area contributed by atoms with Crippen LogP contribution in [0.4, 0.5) is 5.69 Å². The number of benzene rings is 3. The van der Waals surface area contributed by atoms with Crippen LogP contribution in [0, 0.1) is 0 Å². The molecular weight excluding hydrogens is 458 g/mol. The average molecular weight is 476 g/mol. The number of ether oxygens (including phenoxy) is 2. The highest BCUT2D eigenvalue weighted by atomic mass is 35.5. The minimum atomic E-state index is -1.05.